The molecule has 0 bridgehead atoms. The van der Waals surface area contributed by atoms with E-state index in [-0.39, 0.29) is 17.7 Å². The number of thiazole rings is 1. The fourth-order valence-electron chi connectivity index (χ4n) is 2.91. The molecule has 1 amide bonds. The van der Waals surface area contributed by atoms with Gasteiger partial charge in [0.15, 0.2) is 5.16 Å². The summed E-state index contributed by atoms with van der Waals surface area (Å²) in [5.74, 6) is 6.30. The molecule has 0 spiro atoms. The number of nitrogens with two attached hydrogens (primary N) is 1. The van der Waals surface area contributed by atoms with Crippen molar-refractivity contribution in [3.05, 3.63) is 65.8 Å². The Morgan fingerprint density at radius 2 is 1.90 bits per heavy atom. The Morgan fingerprint density at radius 3 is 2.66 bits per heavy atom. The number of para-hydroxylation sites is 1. The van der Waals surface area contributed by atoms with Crippen LogP contribution in [0.4, 0.5) is 0 Å². The highest BCUT2D eigenvalue weighted by Crippen LogP contribution is 2.29. The van der Waals surface area contributed by atoms with E-state index in [9.17, 15) is 4.79 Å². The first-order chi connectivity index (χ1) is 14.0. The van der Waals surface area contributed by atoms with Crippen molar-refractivity contribution in [1.29, 1.82) is 0 Å². The maximum absolute atomic E-state index is 12.7. The molecule has 8 heteroatoms. The number of carbonyl (C=O) groups is 1. The lowest BCUT2D eigenvalue weighted by atomic mass is 10.2. The lowest BCUT2D eigenvalue weighted by Gasteiger charge is -2.23. The summed E-state index contributed by atoms with van der Waals surface area (Å²) in [6, 6.07) is 17.7. The standard InChI is InChI=1S/C21H21N5OS2/c1-14(20-23-16-10-6-7-11-18(16)29-20)25(2)19(27)13-28-21-24-17(12-26(21)22)15-8-4-3-5-9-15/h3-12,14H,13,22H2,1-2H3. The van der Waals surface area contributed by atoms with E-state index in [1.165, 1.54) is 16.4 Å². The molecule has 0 radical (unpaired) electrons. The summed E-state index contributed by atoms with van der Waals surface area (Å²) >= 11 is 2.96. The van der Waals surface area contributed by atoms with E-state index in [4.69, 9.17) is 5.84 Å². The molecule has 2 heterocycles. The van der Waals surface area contributed by atoms with E-state index in [0.29, 0.717) is 5.16 Å². The van der Waals surface area contributed by atoms with Crippen molar-refractivity contribution < 1.29 is 4.79 Å². The number of carbonyl (C=O) groups excluding carboxylic acids is 1. The van der Waals surface area contributed by atoms with Gasteiger partial charge in [0.25, 0.3) is 0 Å². The zero-order chi connectivity index (χ0) is 20.4. The molecule has 2 N–H and O–H groups in total. The third kappa shape index (κ3) is 4.13. The summed E-state index contributed by atoms with van der Waals surface area (Å²) in [5.41, 5.74) is 2.75. The summed E-state index contributed by atoms with van der Waals surface area (Å²) in [6.07, 6.45) is 1.77. The first-order valence-electron chi connectivity index (χ1n) is 9.16. The van der Waals surface area contributed by atoms with Gasteiger partial charge in [0, 0.05) is 12.6 Å². The van der Waals surface area contributed by atoms with Crippen molar-refractivity contribution in [3.63, 3.8) is 0 Å². The van der Waals surface area contributed by atoms with Crippen molar-refractivity contribution in [2.45, 2.75) is 18.1 Å². The van der Waals surface area contributed by atoms with Gasteiger partial charge >= 0.3 is 0 Å². The topological polar surface area (TPSA) is 77.0 Å². The van der Waals surface area contributed by atoms with Crippen LogP contribution in [0.2, 0.25) is 0 Å². The number of fused-ring (bicyclic) bond motifs is 1. The average molecular weight is 424 g/mol. The number of hydrogen-bond donors (Lipinski definition) is 1. The second-order valence-electron chi connectivity index (χ2n) is 6.67. The van der Waals surface area contributed by atoms with Crippen molar-refractivity contribution in [1.82, 2.24) is 19.5 Å². The molecule has 4 rings (SSSR count). The minimum absolute atomic E-state index is 0.00557. The molecule has 0 aliphatic heterocycles. The summed E-state index contributed by atoms with van der Waals surface area (Å²) < 4.78 is 2.60. The first-order valence-corrected chi connectivity index (χ1v) is 11.0. The number of hydrogen-bond acceptors (Lipinski definition) is 6. The summed E-state index contributed by atoms with van der Waals surface area (Å²) in [7, 11) is 1.81. The molecule has 0 saturated carbocycles. The summed E-state index contributed by atoms with van der Waals surface area (Å²) in [4.78, 5) is 23.7. The predicted molar refractivity (Wildman–Crippen MR) is 119 cm³/mol. The number of thioether (sulfide) groups is 1. The maximum atomic E-state index is 12.7. The van der Waals surface area contributed by atoms with E-state index >= 15 is 0 Å². The van der Waals surface area contributed by atoms with Crippen LogP contribution in [0, 0.1) is 0 Å². The van der Waals surface area contributed by atoms with Crippen LogP contribution in [-0.4, -0.2) is 38.3 Å². The van der Waals surface area contributed by atoms with Crippen molar-refractivity contribution in [3.8, 4) is 11.3 Å². The van der Waals surface area contributed by atoms with E-state index in [1.807, 2.05) is 68.6 Å². The molecule has 0 fully saturated rings. The zero-order valence-electron chi connectivity index (χ0n) is 16.1. The molecule has 1 atom stereocenters. The summed E-state index contributed by atoms with van der Waals surface area (Å²) in [6.45, 7) is 2.00. The van der Waals surface area contributed by atoms with E-state index < -0.39 is 0 Å². The molecule has 1 unspecified atom stereocenters. The number of nitrogen functional groups attached to an aromatic ring is 1. The average Bonchev–Trinajstić information content (AvgIpc) is 3.35. The molecular formula is C21H21N5OS2. The van der Waals surface area contributed by atoms with Gasteiger partial charge in [-0.25, -0.2) is 14.6 Å². The summed E-state index contributed by atoms with van der Waals surface area (Å²) in [5, 5.41) is 1.54. The van der Waals surface area contributed by atoms with Crippen molar-refractivity contribution >= 4 is 39.2 Å². The Bertz CT molecular complexity index is 1110. The lowest BCUT2D eigenvalue weighted by molar-refractivity contribution is -0.128. The molecular weight excluding hydrogens is 402 g/mol. The van der Waals surface area contributed by atoms with Gasteiger partial charge in [-0.05, 0) is 19.1 Å². The monoisotopic (exact) mass is 423 g/mol. The second kappa shape index (κ2) is 8.26. The maximum Gasteiger partial charge on any atom is 0.233 e. The smallest absolute Gasteiger partial charge is 0.233 e. The highest BCUT2D eigenvalue weighted by Gasteiger charge is 2.21. The van der Waals surface area contributed by atoms with Crippen LogP contribution in [0.3, 0.4) is 0 Å². The lowest BCUT2D eigenvalue weighted by Crippen LogP contribution is -2.31. The van der Waals surface area contributed by atoms with Gasteiger partial charge in [0.2, 0.25) is 5.91 Å². The Balaban J connectivity index is 1.42. The van der Waals surface area contributed by atoms with Crippen molar-refractivity contribution in [2.24, 2.45) is 0 Å². The van der Waals surface area contributed by atoms with Gasteiger partial charge in [-0.2, -0.15) is 0 Å². The normalized spacial score (nSPS) is 12.2. The third-order valence-corrected chi connectivity index (χ3v) is 6.89. The molecule has 6 nitrogen and oxygen atoms in total. The van der Waals surface area contributed by atoms with Gasteiger partial charge in [-0.3, -0.25) is 4.79 Å². The third-order valence-electron chi connectivity index (χ3n) is 4.73. The van der Waals surface area contributed by atoms with Crippen LogP contribution >= 0.6 is 23.1 Å². The molecule has 148 valence electrons. The fraction of sp³-hybridized carbons (Fsp3) is 0.190. The molecule has 0 aliphatic carbocycles. The molecule has 2 aromatic heterocycles. The first kappa shape index (κ1) is 19.5. The van der Waals surface area contributed by atoms with Crippen LogP contribution in [0.15, 0.2) is 66.0 Å². The SMILES string of the molecule is CC(c1nc2ccccc2s1)N(C)C(=O)CSc1nc(-c2ccccc2)cn1N. The van der Waals surface area contributed by atoms with Gasteiger partial charge in [0.05, 0.1) is 33.9 Å². The zero-order valence-corrected chi connectivity index (χ0v) is 17.8. The molecule has 4 aromatic rings. The van der Waals surface area contributed by atoms with E-state index in [0.717, 1.165) is 26.5 Å². The number of imidazole rings is 1. The van der Waals surface area contributed by atoms with Gasteiger partial charge in [0.1, 0.15) is 5.01 Å². The van der Waals surface area contributed by atoms with Crippen LogP contribution in [0.1, 0.15) is 18.0 Å². The number of benzene rings is 2. The van der Waals surface area contributed by atoms with Crippen LogP contribution in [0.25, 0.3) is 21.5 Å². The number of nitrogens with zero attached hydrogens (tertiary/aromatic N) is 4. The number of aromatic nitrogens is 3. The quantitative estimate of drug-likeness (QED) is 0.372. The molecule has 0 saturated heterocycles. The molecule has 0 aliphatic rings. The van der Waals surface area contributed by atoms with Crippen LogP contribution < -0.4 is 5.84 Å². The highest BCUT2D eigenvalue weighted by molar-refractivity contribution is 7.99. The Hall–Kier alpha value is -2.84. The van der Waals surface area contributed by atoms with Crippen molar-refractivity contribution in [2.75, 3.05) is 18.6 Å². The Morgan fingerprint density at radius 1 is 1.17 bits per heavy atom. The second-order valence-corrected chi connectivity index (χ2v) is 8.68. The van der Waals surface area contributed by atoms with E-state index in [1.54, 1.807) is 22.4 Å². The highest BCUT2D eigenvalue weighted by atomic mass is 32.2. The predicted octanol–water partition coefficient (Wildman–Crippen LogP) is 4.19. The molecule has 2 aromatic carbocycles. The van der Waals surface area contributed by atoms with Gasteiger partial charge < -0.3 is 10.7 Å². The fourth-order valence-corrected chi connectivity index (χ4v) is 4.79. The Labute approximate surface area is 177 Å². The van der Waals surface area contributed by atoms with Crippen LogP contribution in [-0.2, 0) is 4.79 Å². The van der Waals surface area contributed by atoms with Gasteiger partial charge in [-0.1, -0.05) is 54.2 Å². The number of amides is 1. The minimum Gasteiger partial charge on any atom is -0.337 e. The van der Waals surface area contributed by atoms with E-state index in [2.05, 4.69) is 9.97 Å². The minimum atomic E-state index is -0.0991. The largest absolute Gasteiger partial charge is 0.337 e. The molecule has 29 heavy (non-hydrogen) atoms. The number of rotatable bonds is 6. The van der Waals surface area contributed by atoms with Gasteiger partial charge in [-0.15, -0.1) is 11.3 Å². The Kier molecular flexibility index (Phi) is 5.55. The van der Waals surface area contributed by atoms with Crippen LogP contribution in [0.5, 0.6) is 0 Å².